The molecule has 0 saturated carbocycles. The summed E-state index contributed by atoms with van der Waals surface area (Å²) in [6, 6.07) is 4.46. The van der Waals surface area contributed by atoms with Crippen LogP contribution < -0.4 is 5.32 Å². The van der Waals surface area contributed by atoms with Crippen LogP contribution >= 0.6 is 0 Å². The third-order valence-electron chi connectivity index (χ3n) is 3.55. The first kappa shape index (κ1) is 13.4. The third-order valence-corrected chi connectivity index (χ3v) is 3.55. The molecule has 0 spiro atoms. The predicted octanol–water partition coefficient (Wildman–Crippen LogP) is 2.54. The van der Waals surface area contributed by atoms with Crippen LogP contribution in [-0.4, -0.2) is 30.6 Å². The van der Waals surface area contributed by atoms with Crippen molar-refractivity contribution in [2.75, 3.05) is 19.6 Å². The molecule has 1 aromatic rings. The fourth-order valence-electron chi connectivity index (χ4n) is 2.53. The Balaban J connectivity index is 2.03. The van der Waals surface area contributed by atoms with Gasteiger partial charge in [-0.3, -0.25) is 4.90 Å². The molecular weight excluding hydrogens is 234 g/mol. The van der Waals surface area contributed by atoms with Gasteiger partial charge >= 0.3 is 0 Å². The topological polar surface area (TPSA) is 15.3 Å². The van der Waals surface area contributed by atoms with Crippen LogP contribution in [0.4, 0.5) is 8.78 Å². The normalized spacial score (nSPS) is 20.5. The summed E-state index contributed by atoms with van der Waals surface area (Å²) in [5, 5.41) is 3.31. The maximum absolute atomic E-state index is 13.6. The summed E-state index contributed by atoms with van der Waals surface area (Å²) >= 11 is 0. The van der Waals surface area contributed by atoms with Crippen LogP contribution in [-0.2, 0) is 6.54 Å². The minimum Gasteiger partial charge on any atom is -0.315 e. The third kappa shape index (κ3) is 3.06. The SMILES string of the molecule is CCNCC1CCCN1Cc1c(F)cccc1F. The van der Waals surface area contributed by atoms with Crippen LogP contribution in [0.2, 0.25) is 0 Å². The molecule has 1 saturated heterocycles. The second kappa shape index (κ2) is 6.25. The van der Waals surface area contributed by atoms with Crippen LogP contribution in [0.5, 0.6) is 0 Å². The van der Waals surface area contributed by atoms with Gasteiger partial charge in [-0.05, 0) is 38.1 Å². The lowest BCUT2D eigenvalue weighted by molar-refractivity contribution is 0.233. The Hall–Kier alpha value is -1.00. The molecule has 0 radical (unpaired) electrons. The fourth-order valence-corrected chi connectivity index (χ4v) is 2.53. The Bertz CT molecular complexity index is 375. The quantitative estimate of drug-likeness (QED) is 0.868. The van der Waals surface area contributed by atoms with E-state index < -0.39 is 11.6 Å². The van der Waals surface area contributed by atoms with Gasteiger partial charge in [0.2, 0.25) is 0 Å². The minimum atomic E-state index is -0.441. The molecule has 1 aliphatic heterocycles. The van der Waals surface area contributed by atoms with E-state index in [1.807, 2.05) is 0 Å². The summed E-state index contributed by atoms with van der Waals surface area (Å²) in [6.45, 7) is 5.18. The Morgan fingerprint density at radius 3 is 2.72 bits per heavy atom. The largest absolute Gasteiger partial charge is 0.315 e. The van der Waals surface area contributed by atoms with Crippen LogP contribution in [0, 0.1) is 11.6 Å². The maximum atomic E-state index is 13.6. The molecule has 18 heavy (non-hydrogen) atoms. The number of likely N-dealkylation sites (N-methyl/N-ethyl adjacent to an activating group) is 1. The summed E-state index contributed by atoms with van der Waals surface area (Å²) in [5.74, 6) is -0.881. The smallest absolute Gasteiger partial charge is 0.130 e. The molecule has 1 heterocycles. The summed E-state index contributed by atoms with van der Waals surface area (Å²) in [5.41, 5.74) is 0.195. The van der Waals surface area contributed by atoms with Crippen molar-refractivity contribution in [1.82, 2.24) is 10.2 Å². The molecule has 100 valence electrons. The summed E-state index contributed by atoms with van der Waals surface area (Å²) in [6.07, 6.45) is 2.20. The van der Waals surface area contributed by atoms with Gasteiger partial charge in [0.25, 0.3) is 0 Å². The second-order valence-corrected chi connectivity index (χ2v) is 4.77. The van der Waals surface area contributed by atoms with E-state index in [0.717, 1.165) is 32.5 Å². The van der Waals surface area contributed by atoms with Crippen molar-refractivity contribution in [2.24, 2.45) is 0 Å². The van der Waals surface area contributed by atoms with E-state index in [9.17, 15) is 8.78 Å². The lowest BCUT2D eigenvalue weighted by atomic mass is 10.1. The maximum Gasteiger partial charge on any atom is 0.130 e. The number of halogens is 2. The van der Waals surface area contributed by atoms with E-state index in [-0.39, 0.29) is 5.56 Å². The molecule has 1 atom stereocenters. The zero-order chi connectivity index (χ0) is 13.0. The van der Waals surface area contributed by atoms with Crippen molar-refractivity contribution in [3.05, 3.63) is 35.4 Å². The molecule has 4 heteroatoms. The van der Waals surface area contributed by atoms with E-state index >= 15 is 0 Å². The Labute approximate surface area is 107 Å². The molecule has 2 rings (SSSR count). The lowest BCUT2D eigenvalue weighted by Crippen LogP contribution is -2.37. The number of nitrogens with zero attached hydrogens (tertiary/aromatic N) is 1. The van der Waals surface area contributed by atoms with Gasteiger partial charge in [-0.25, -0.2) is 8.78 Å². The zero-order valence-corrected chi connectivity index (χ0v) is 10.8. The average molecular weight is 254 g/mol. The van der Waals surface area contributed by atoms with Crippen molar-refractivity contribution < 1.29 is 8.78 Å². The van der Waals surface area contributed by atoms with E-state index in [2.05, 4.69) is 17.1 Å². The van der Waals surface area contributed by atoms with Gasteiger partial charge in [0.05, 0.1) is 0 Å². The Morgan fingerprint density at radius 1 is 1.33 bits per heavy atom. The highest BCUT2D eigenvalue weighted by Gasteiger charge is 2.25. The second-order valence-electron chi connectivity index (χ2n) is 4.77. The molecule has 1 aliphatic rings. The molecular formula is C14H20F2N2. The molecule has 1 N–H and O–H groups in total. The molecule has 1 aromatic carbocycles. The number of hydrogen-bond donors (Lipinski definition) is 1. The first-order chi connectivity index (χ1) is 8.72. The minimum absolute atomic E-state index is 0.195. The number of benzene rings is 1. The summed E-state index contributed by atoms with van der Waals surface area (Å²) in [4.78, 5) is 2.17. The molecule has 0 amide bonds. The molecule has 2 nitrogen and oxygen atoms in total. The van der Waals surface area contributed by atoms with Crippen molar-refractivity contribution in [1.29, 1.82) is 0 Å². The van der Waals surface area contributed by atoms with Crippen molar-refractivity contribution in [2.45, 2.75) is 32.4 Å². The summed E-state index contributed by atoms with van der Waals surface area (Å²) < 4.78 is 27.2. The van der Waals surface area contributed by atoms with Crippen LogP contribution in [0.1, 0.15) is 25.3 Å². The number of likely N-dealkylation sites (tertiary alicyclic amines) is 1. The standard InChI is InChI=1S/C14H20F2N2/c1-2-17-9-11-5-4-8-18(11)10-12-13(15)6-3-7-14(12)16/h3,6-7,11,17H,2,4-5,8-10H2,1H3. The number of rotatable bonds is 5. The van der Waals surface area contributed by atoms with E-state index in [1.54, 1.807) is 0 Å². The monoisotopic (exact) mass is 254 g/mol. The first-order valence-corrected chi connectivity index (χ1v) is 6.60. The molecule has 0 bridgehead atoms. The van der Waals surface area contributed by atoms with E-state index in [0.29, 0.717) is 12.6 Å². The average Bonchev–Trinajstić information content (AvgIpc) is 2.79. The Kier molecular flexibility index (Phi) is 4.66. The molecule has 0 aliphatic carbocycles. The van der Waals surface area contributed by atoms with Gasteiger partial charge in [0.15, 0.2) is 0 Å². The van der Waals surface area contributed by atoms with Gasteiger partial charge in [-0.1, -0.05) is 13.0 Å². The van der Waals surface area contributed by atoms with Crippen molar-refractivity contribution >= 4 is 0 Å². The zero-order valence-electron chi connectivity index (χ0n) is 10.8. The highest BCUT2D eigenvalue weighted by atomic mass is 19.1. The summed E-state index contributed by atoms with van der Waals surface area (Å²) in [7, 11) is 0. The molecule has 0 aromatic heterocycles. The van der Waals surface area contributed by atoms with Crippen LogP contribution in [0.25, 0.3) is 0 Å². The van der Waals surface area contributed by atoms with Gasteiger partial charge < -0.3 is 5.32 Å². The van der Waals surface area contributed by atoms with Crippen LogP contribution in [0.15, 0.2) is 18.2 Å². The van der Waals surface area contributed by atoms with Gasteiger partial charge in [0.1, 0.15) is 11.6 Å². The molecule has 1 fully saturated rings. The fraction of sp³-hybridized carbons (Fsp3) is 0.571. The van der Waals surface area contributed by atoms with Crippen LogP contribution in [0.3, 0.4) is 0 Å². The van der Waals surface area contributed by atoms with E-state index in [4.69, 9.17) is 0 Å². The van der Waals surface area contributed by atoms with Crippen molar-refractivity contribution in [3.8, 4) is 0 Å². The highest BCUT2D eigenvalue weighted by Crippen LogP contribution is 2.22. The Morgan fingerprint density at radius 2 is 2.06 bits per heavy atom. The number of nitrogens with one attached hydrogen (secondary N) is 1. The lowest BCUT2D eigenvalue weighted by Gasteiger charge is -2.25. The predicted molar refractivity (Wildman–Crippen MR) is 68.3 cm³/mol. The number of hydrogen-bond acceptors (Lipinski definition) is 2. The van der Waals surface area contributed by atoms with Crippen molar-refractivity contribution in [3.63, 3.8) is 0 Å². The van der Waals surface area contributed by atoms with Gasteiger partial charge in [-0.15, -0.1) is 0 Å². The van der Waals surface area contributed by atoms with E-state index in [1.165, 1.54) is 18.2 Å². The molecule has 1 unspecified atom stereocenters. The van der Waals surface area contributed by atoms with Gasteiger partial charge in [0, 0.05) is 24.7 Å². The highest BCUT2D eigenvalue weighted by molar-refractivity contribution is 5.19. The van der Waals surface area contributed by atoms with Gasteiger partial charge in [-0.2, -0.15) is 0 Å². The first-order valence-electron chi connectivity index (χ1n) is 6.60.